The Labute approximate surface area is 136 Å². The fourth-order valence-corrected chi connectivity index (χ4v) is 2.23. The van der Waals surface area contributed by atoms with Crippen molar-refractivity contribution < 1.29 is 19.0 Å². The number of esters is 1. The normalized spacial score (nSPS) is 11.0. The van der Waals surface area contributed by atoms with Gasteiger partial charge in [-0.1, -0.05) is 42.5 Å². The van der Waals surface area contributed by atoms with Crippen LogP contribution in [0.25, 0.3) is 5.57 Å². The third-order valence-electron chi connectivity index (χ3n) is 3.43. The minimum Gasteiger partial charge on any atom is -0.503 e. The van der Waals surface area contributed by atoms with Crippen LogP contribution in [-0.4, -0.2) is 20.2 Å². The summed E-state index contributed by atoms with van der Waals surface area (Å²) in [6.45, 7) is 2.34. The lowest BCUT2D eigenvalue weighted by atomic mass is 10.0. The summed E-state index contributed by atoms with van der Waals surface area (Å²) >= 11 is 0. The number of ether oxygens (including phenoxy) is 3. The highest BCUT2D eigenvalue weighted by Gasteiger charge is 2.16. The summed E-state index contributed by atoms with van der Waals surface area (Å²) < 4.78 is 15.7. The number of para-hydroxylation sites is 1. The molecule has 0 bridgehead atoms. The molecule has 0 aliphatic rings. The zero-order valence-electron chi connectivity index (χ0n) is 13.5. The lowest BCUT2D eigenvalue weighted by Crippen LogP contribution is -2.08. The molecule has 0 fully saturated rings. The minimum atomic E-state index is -0.449. The van der Waals surface area contributed by atoms with Crippen molar-refractivity contribution >= 4 is 11.5 Å². The van der Waals surface area contributed by atoms with Crippen LogP contribution in [0.4, 0.5) is 0 Å². The summed E-state index contributed by atoms with van der Waals surface area (Å²) in [7, 11) is 2.84. The van der Waals surface area contributed by atoms with E-state index in [4.69, 9.17) is 14.2 Å². The monoisotopic (exact) mass is 312 g/mol. The van der Waals surface area contributed by atoms with Crippen LogP contribution in [0.3, 0.4) is 0 Å². The molecule has 4 heteroatoms. The molecule has 0 aliphatic heterocycles. The summed E-state index contributed by atoms with van der Waals surface area (Å²) in [5, 5.41) is 0. The second kappa shape index (κ2) is 8.03. The first kappa shape index (κ1) is 16.6. The second-order valence-electron chi connectivity index (χ2n) is 4.97. The smallest absolute Gasteiger partial charge is 0.341 e. The predicted molar refractivity (Wildman–Crippen MR) is 89.0 cm³/mol. The second-order valence-corrected chi connectivity index (χ2v) is 4.97. The molecule has 0 amide bonds. The van der Waals surface area contributed by atoms with Crippen molar-refractivity contribution in [3.63, 3.8) is 0 Å². The Morgan fingerprint density at radius 3 is 2.43 bits per heavy atom. The highest BCUT2D eigenvalue weighted by molar-refractivity contribution is 6.16. The molecule has 0 radical (unpaired) electrons. The standard InChI is InChI=1S/C19H20O4/c1-14-8-4-7-11-18(14)23-12-15-9-5-6-10-16(15)17(13-21-2)19(20)22-3/h4-11,13H,12H2,1-3H3. The molecule has 2 aromatic carbocycles. The average Bonchev–Trinajstić information content (AvgIpc) is 2.59. The van der Waals surface area contributed by atoms with Gasteiger partial charge in [0, 0.05) is 0 Å². The number of rotatable bonds is 6. The Morgan fingerprint density at radius 1 is 1.04 bits per heavy atom. The van der Waals surface area contributed by atoms with E-state index in [0.717, 1.165) is 22.4 Å². The maximum atomic E-state index is 12.0. The van der Waals surface area contributed by atoms with Gasteiger partial charge in [0.1, 0.15) is 17.9 Å². The van der Waals surface area contributed by atoms with E-state index < -0.39 is 5.97 Å². The third kappa shape index (κ3) is 4.13. The van der Waals surface area contributed by atoms with E-state index in [1.54, 1.807) is 0 Å². The van der Waals surface area contributed by atoms with Crippen LogP contribution in [0.2, 0.25) is 0 Å². The molecule has 2 aromatic rings. The maximum absolute atomic E-state index is 12.0. The van der Waals surface area contributed by atoms with Gasteiger partial charge in [0.25, 0.3) is 0 Å². The first-order chi connectivity index (χ1) is 11.2. The molecule has 0 heterocycles. The van der Waals surface area contributed by atoms with E-state index >= 15 is 0 Å². The van der Waals surface area contributed by atoms with E-state index in [-0.39, 0.29) is 0 Å². The highest BCUT2D eigenvalue weighted by Crippen LogP contribution is 2.24. The molecule has 0 unspecified atom stereocenters. The van der Waals surface area contributed by atoms with Gasteiger partial charge in [-0.3, -0.25) is 0 Å². The van der Waals surface area contributed by atoms with Gasteiger partial charge in [-0.15, -0.1) is 0 Å². The van der Waals surface area contributed by atoms with Crippen LogP contribution in [0.5, 0.6) is 5.75 Å². The van der Waals surface area contributed by atoms with Crippen molar-refractivity contribution in [2.75, 3.05) is 14.2 Å². The van der Waals surface area contributed by atoms with E-state index in [0.29, 0.717) is 12.2 Å². The average molecular weight is 312 g/mol. The summed E-state index contributed by atoms with van der Waals surface area (Å²) in [4.78, 5) is 12.0. The zero-order valence-corrected chi connectivity index (χ0v) is 13.5. The van der Waals surface area contributed by atoms with Gasteiger partial charge in [-0.25, -0.2) is 4.79 Å². The Morgan fingerprint density at radius 2 is 1.74 bits per heavy atom. The van der Waals surface area contributed by atoms with Gasteiger partial charge in [0.05, 0.1) is 20.5 Å². The largest absolute Gasteiger partial charge is 0.503 e. The van der Waals surface area contributed by atoms with Crippen LogP contribution in [0.1, 0.15) is 16.7 Å². The third-order valence-corrected chi connectivity index (χ3v) is 3.43. The fourth-order valence-electron chi connectivity index (χ4n) is 2.23. The van der Waals surface area contributed by atoms with Crippen molar-refractivity contribution in [3.8, 4) is 5.75 Å². The van der Waals surface area contributed by atoms with E-state index in [9.17, 15) is 4.79 Å². The maximum Gasteiger partial charge on any atom is 0.341 e. The van der Waals surface area contributed by atoms with Gasteiger partial charge >= 0.3 is 5.97 Å². The molecule has 0 aromatic heterocycles. The topological polar surface area (TPSA) is 44.8 Å². The lowest BCUT2D eigenvalue weighted by Gasteiger charge is -2.13. The van der Waals surface area contributed by atoms with Gasteiger partial charge in [-0.2, -0.15) is 0 Å². The molecule has 0 N–H and O–H groups in total. The van der Waals surface area contributed by atoms with Gasteiger partial charge in [0.2, 0.25) is 0 Å². The number of benzene rings is 2. The van der Waals surface area contributed by atoms with Gasteiger partial charge < -0.3 is 14.2 Å². The molecule has 0 atom stereocenters. The van der Waals surface area contributed by atoms with Gasteiger partial charge in [0.15, 0.2) is 0 Å². The SMILES string of the molecule is COC=C(C(=O)OC)c1ccccc1COc1ccccc1C. The highest BCUT2D eigenvalue weighted by atomic mass is 16.5. The Hall–Kier alpha value is -2.75. The molecule has 0 saturated heterocycles. The van der Waals surface area contributed by atoms with Crippen LogP contribution >= 0.6 is 0 Å². The molecule has 0 aliphatic carbocycles. The first-order valence-electron chi connectivity index (χ1n) is 7.25. The number of carbonyl (C=O) groups is 1. The molecule has 23 heavy (non-hydrogen) atoms. The summed E-state index contributed by atoms with van der Waals surface area (Å²) in [6.07, 6.45) is 1.39. The summed E-state index contributed by atoms with van der Waals surface area (Å²) in [6, 6.07) is 15.3. The Bertz CT molecular complexity index is 704. The fraction of sp³-hybridized carbons (Fsp3) is 0.211. The summed E-state index contributed by atoms with van der Waals surface area (Å²) in [5.41, 5.74) is 3.03. The lowest BCUT2D eigenvalue weighted by molar-refractivity contribution is -0.133. The molecular formula is C19H20O4. The van der Waals surface area contributed by atoms with Crippen LogP contribution < -0.4 is 4.74 Å². The van der Waals surface area contributed by atoms with E-state index in [2.05, 4.69) is 0 Å². The zero-order chi connectivity index (χ0) is 16.7. The minimum absolute atomic E-state index is 0.346. The van der Waals surface area contributed by atoms with Crippen molar-refractivity contribution in [2.45, 2.75) is 13.5 Å². The van der Waals surface area contributed by atoms with E-state index in [1.165, 1.54) is 20.5 Å². The molecule has 2 rings (SSSR count). The number of hydrogen-bond donors (Lipinski definition) is 0. The quantitative estimate of drug-likeness (QED) is 0.463. The Kier molecular flexibility index (Phi) is 5.80. The number of aryl methyl sites for hydroxylation is 1. The van der Waals surface area contributed by atoms with Crippen molar-refractivity contribution in [1.82, 2.24) is 0 Å². The number of methoxy groups -OCH3 is 2. The van der Waals surface area contributed by atoms with Crippen molar-refractivity contribution in [3.05, 3.63) is 71.5 Å². The van der Waals surface area contributed by atoms with Gasteiger partial charge in [-0.05, 0) is 29.7 Å². The number of carbonyl (C=O) groups excluding carboxylic acids is 1. The Balaban J connectivity index is 2.28. The van der Waals surface area contributed by atoms with E-state index in [1.807, 2.05) is 55.5 Å². The molecular weight excluding hydrogens is 292 g/mol. The van der Waals surface area contributed by atoms with Crippen LogP contribution in [-0.2, 0) is 20.9 Å². The van der Waals surface area contributed by atoms with Crippen LogP contribution in [0, 0.1) is 6.92 Å². The van der Waals surface area contributed by atoms with Crippen molar-refractivity contribution in [2.24, 2.45) is 0 Å². The molecule has 4 nitrogen and oxygen atoms in total. The van der Waals surface area contributed by atoms with Crippen LogP contribution in [0.15, 0.2) is 54.8 Å². The molecule has 0 spiro atoms. The van der Waals surface area contributed by atoms with Crippen molar-refractivity contribution in [1.29, 1.82) is 0 Å². The summed E-state index contributed by atoms with van der Waals surface area (Å²) in [5.74, 6) is 0.368. The number of hydrogen-bond acceptors (Lipinski definition) is 4. The molecule has 120 valence electrons. The predicted octanol–water partition coefficient (Wildman–Crippen LogP) is 3.73. The molecule has 0 saturated carbocycles. The first-order valence-corrected chi connectivity index (χ1v) is 7.25.